The third kappa shape index (κ3) is 11.9. The number of esters is 1. The average molecular weight is 251 g/mol. The maximum Gasteiger partial charge on any atom is 0.323 e. The molecule has 0 aliphatic carbocycles. The Balaban J connectivity index is 0. The first-order valence-electron chi connectivity index (χ1n) is 5.58. The highest BCUT2D eigenvalue weighted by Crippen LogP contribution is 2.18. The third-order valence-electron chi connectivity index (χ3n) is 1.38. The summed E-state index contributed by atoms with van der Waals surface area (Å²) in [5.41, 5.74) is -0.0223. The number of carbonyl (C=O) groups excluding carboxylic acids is 1. The summed E-state index contributed by atoms with van der Waals surface area (Å²) < 4.78 is 5.07. The van der Waals surface area contributed by atoms with Crippen LogP contribution in [-0.4, -0.2) is 30.2 Å². The maximum absolute atomic E-state index is 11.3. The highest BCUT2D eigenvalue weighted by molar-refractivity contribution is 7.48. The van der Waals surface area contributed by atoms with Crippen LogP contribution in [0.25, 0.3) is 0 Å². The van der Waals surface area contributed by atoms with Gasteiger partial charge in [-0.15, -0.1) is 0 Å². The van der Waals surface area contributed by atoms with Gasteiger partial charge in [-0.05, 0) is 19.0 Å². The van der Waals surface area contributed by atoms with Crippen LogP contribution in [0.4, 0.5) is 0 Å². The van der Waals surface area contributed by atoms with Gasteiger partial charge in [0, 0.05) is 0 Å². The summed E-state index contributed by atoms with van der Waals surface area (Å²) in [6.07, 6.45) is 0. The van der Waals surface area contributed by atoms with E-state index >= 15 is 0 Å². The van der Waals surface area contributed by atoms with Crippen molar-refractivity contribution in [2.75, 3.05) is 13.3 Å². The predicted molar refractivity (Wildman–Crippen MR) is 69.4 cm³/mol. The minimum atomic E-state index is -1.26. The van der Waals surface area contributed by atoms with Crippen molar-refractivity contribution in [3.8, 4) is 0 Å². The molecule has 0 saturated carbocycles. The van der Waals surface area contributed by atoms with Crippen molar-refractivity contribution in [1.82, 2.24) is 5.09 Å². The minimum absolute atomic E-state index is 0.0223. The van der Waals surface area contributed by atoms with Crippen molar-refractivity contribution in [1.29, 1.82) is 0 Å². The molecule has 0 radical (unpaired) electrons. The van der Waals surface area contributed by atoms with Gasteiger partial charge in [0.25, 0.3) is 0 Å². The third-order valence-corrected chi connectivity index (χ3v) is 2.14. The lowest BCUT2D eigenvalue weighted by Crippen LogP contribution is -2.33. The summed E-state index contributed by atoms with van der Waals surface area (Å²) in [6.45, 7) is 13.7. The summed E-state index contributed by atoms with van der Waals surface area (Å²) in [5, 5.41) is 2.72. The molecule has 16 heavy (non-hydrogen) atoms. The molecule has 0 aromatic rings. The first-order chi connectivity index (χ1) is 7.22. The molecule has 0 bridgehead atoms. The summed E-state index contributed by atoms with van der Waals surface area (Å²) in [4.78, 5) is 20.4. The van der Waals surface area contributed by atoms with E-state index in [0.29, 0.717) is 6.61 Å². The van der Waals surface area contributed by atoms with E-state index in [4.69, 9.17) is 9.63 Å². The van der Waals surface area contributed by atoms with Gasteiger partial charge in [0.1, 0.15) is 6.04 Å². The fourth-order valence-electron chi connectivity index (χ4n) is 0.746. The lowest BCUT2D eigenvalue weighted by atomic mass is 9.99. The normalized spacial score (nSPS) is 14.5. The Bertz CT molecular complexity index is 190. The Labute approximate surface area is 101 Å². The number of ether oxygens (including phenoxy) is 1. The molecular formula is C11H26NO3P. The Kier molecular flexibility index (Phi) is 10.1. The number of rotatable bonds is 4. The van der Waals surface area contributed by atoms with E-state index in [9.17, 15) is 4.79 Å². The standard InChI is InChI=1S/C9H20NO3P.C2H6/c1-7(10-14(5)12)8(11)13-6-9(2,3)4;1-2/h7,10,12H,6H2,1-5H3;1-2H3. The molecule has 4 nitrogen and oxygen atoms in total. The number of hydrogen-bond donors (Lipinski definition) is 2. The van der Waals surface area contributed by atoms with Crippen molar-refractivity contribution in [3.05, 3.63) is 0 Å². The van der Waals surface area contributed by atoms with Crippen molar-refractivity contribution in [2.24, 2.45) is 5.41 Å². The van der Waals surface area contributed by atoms with E-state index in [1.54, 1.807) is 13.6 Å². The molecule has 98 valence electrons. The monoisotopic (exact) mass is 251 g/mol. The van der Waals surface area contributed by atoms with Crippen molar-refractivity contribution in [3.63, 3.8) is 0 Å². The maximum atomic E-state index is 11.3. The first kappa shape index (κ1) is 18.2. The zero-order chi connectivity index (χ0) is 13.4. The SMILES string of the molecule is CC.CC(NP(C)O)C(=O)OCC(C)(C)C. The second-order valence-corrected chi connectivity index (χ2v) is 5.85. The van der Waals surface area contributed by atoms with Crippen LogP contribution in [-0.2, 0) is 9.53 Å². The van der Waals surface area contributed by atoms with Crippen LogP contribution >= 0.6 is 8.30 Å². The van der Waals surface area contributed by atoms with Crippen LogP contribution in [0.5, 0.6) is 0 Å². The summed E-state index contributed by atoms with van der Waals surface area (Å²) in [7, 11) is -1.26. The van der Waals surface area contributed by atoms with E-state index in [1.807, 2.05) is 34.6 Å². The van der Waals surface area contributed by atoms with Crippen molar-refractivity contribution < 1.29 is 14.4 Å². The highest BCUT2D eigenvalue weighted by Gasteiger charge is 2.19. The molecule has 0 fully saturated rings. The topological polar surface area (TPSA) is 58.6 Å². The van der Waals surface area contributed by atoms with E-state index in [2.05, 4.69) is 5.09 Å². The molecular weight excluding hydrogens is 225 g/mol. The van der Waals surface area contributed by atoms with Gasteiger partial charge in [0.2, 0.25) is 0 Å². The van der Waals surface area contributed by atoms with Gasteiger partial charge in [-0.3, -0.25) is 9.88 Å². The molecule has 2 N–H and O–H groups in total. The van der Waals surface area contributed by atoms with E-state index in [0.717, 1.165) is 0 Å². The van der Waals surface area contributed by atoms with Gasteiger partial charge in [0.05, 0.1) is 14.9 Å². The van der Waals surface area contributed by atoms with Gasteiger partial charge in [0.15, 0.2) is 0 Å². The second kappa shape index (κ2) is 8.91. The van der Waals surface area contributed by atoms with Crippen LogP contribution in [0.15, 0.2) is 0 Å². The zero-order valence-corrected chi connectivity index (χ0v) is 12.4. The van der Waals surface area contributed by atoms with Gasteiger partial charge >= 0.3 is 5.97 Å². The first-order valence-corrected chi connectivity index (χ1v) is 7.32. The van der Waals surface area contributed by atoms with Crippen LogP contribution < -0.4 is 5.09 Å². The molecule has 2 unspecified atom stereocenters. The Hall–Kier alpha value is -0.180. The Morgan fingerprint density at radius 3 is 2.19 bits per heavy atom. The summed E-state index contributed by atoms with van der Waals surface area (Å²) in [6, 6.07) is -0.446. The second-order valence-electron chi connectivity index (χ2n) is 4.54. The van der Waals surface area contributed by atoms with E-state index in [-0.39, 0.29) is 11.4 Å². The summed E-state index contributed by atoms with van der Waals surface area (Å²) >= 11 is 0. The summed E-state index contributed by atoms with van der Waals surface area (Å²) in [5.74, 6) is -0.316. The lowest BCUT2D eigenvalue weighted by molar-refractivity contribution is -0.147. The predicted octanol–water partition coefficient (Wildman–Crippen LogP) is 2.51. The van der Waals surface area contributed by atoms with Gasteiger partial charge < -0.3 is 9.63 Å². The molecule has 0 heterocycles. The van der Waals surface area contributed by atoms with Gasteiger partial charge in [-0.1, -0.05) is 34.6 Å². The zero-order valence-electron chi connectivity index (χ0n) is 11.5. The van der Waals surface area contributed by atoms with Crippen molar-refractivity contribution >= 4 is 14.3 Å². The molecule has 0 aliphatic rings. The molecule has 2 atom stereocenters. The highest BCUT2D eigenvalue weighted by atomic mass is 31.2. The molecule has 0 rings (SSSR count). The van der Waals surface area contributed by atoms with Crippen molar-refractivity contribution in [2.45, 2.75) is 47.6 Å². The molecule has 0 aromatic carbocycles. The van der Waals surface area contributed by atoms with E-state index in [1.165, 1.54) is 0 Å². The van der Waals surface area contributed by atoms with Gasteiger partial charge in [-0.2, -0.15) is 0 Å². The number of nitrogens with one attached hydrogen (secondary N) is 1. The smallest absolute Gasteiger partial charge is 0.323 e. The van der Waals surface area contributed by atoms with E-state index < -0.39 is 14.3 Å². The molecule has 0 aromatic heterocycles. The van der Waals surface area contributed by atoms with Crippen LogP contribution in [0, 0.1) is 5.41 Å². The Morgan fingerprint density at radius 2 is 1.88 bits per heavy atom. The molecule has 0 aliphatic heterocycles. The van der Waals surface area contributed by atoms with Crippen LogP contribution in [0.3, 0.4) is 0 Å². The van der Waals surface area contributed by atoms with Crippen LogP contribution in [0.2, 0.25) is 0 Å². The number of carbonyl (C=O) groups is 1. The lowest BCUT2D eigenvalue weighted by Gasteiger charge is -2.20. The fourth-order valence-corrected chi connectivity index (χ4v) is 1.41. The van der Waals surface area contributed by atoms with Gasteiger partial charge in [-0.25, -0.2) is 0 Å². The quantitative estimate of drug-likeness (QED) is 0.595. The average Bonchev–Trinajstić information content (AvgIpc) is 2.15. The molecule has 0 saturated heterocycles. The Morgan fingerprint density at radius 1 is 1.44 bits per heavy atom. The molecule has 0 spiro atoms. The minimum Gasteiger partial charge on any atom is -0.464 e. The molecule has 5 heteroatoms. The molecule has 0 amide bonds. The fraction of sp³-hybridized carbons (Fsp3) is 0.909. The van der Waals surface area contributed by atoms with Crippen LogP contribution in [0.1, 0.15) is 41.5 Å². The number of hydrogen-bond acceptors (Lipinski definition) is 4. The largest absolute Gasteiger partial charge is 0.464 e.